The lowest BCUT2D eigenvalue weighted by Gasteiger charge is -2.11. The van der Waals surface area contributed by atoms with Gasteiger partial charge in [-0.15, -0.1) is 13.2 Å². The van der Waals surface area contributed by atoms with Crippen LogP contribution in [0.1, 0.15) is 22.4 Å². The average Bonchev–Trinajstić information content (AvgIpc) is 2.80. The molecule has 0 bridgehead atoms. The predicted octanol–water partition coefficient (Wildman–Crippen LogP) is 4.83. The monoisotopic (exact) mass is 377 g/mol. The van der Waals surface area contributed by atoms with E-state index in [2.05, 4.69) is 4.74 Å². The SMILES string of the molecule is Cc1ccc2c(c1)c(CC(=O)O)c(C)n2Cc1ccc(OC(F)(F)F)cc1. The fourth-order valence-corrected chi connectivity index (χ4v) is 3.22. The molecular formula is C20H18F3NO3. The van der Waals surface area contributed by atoms with Gasteiger partial charge in [0.2, 0.25) is 0 Å². The second-order valence-corrected chi connectivity index (χ2v) is 6.43. The van der Waals surface area contributed by atoms with Crippen molar-refractivity contribution < 1.29 is 27.8 Å². The van der Waals surface area contributed by atoms with Crippen LogP contribution in [0.2, 0.25) is 0 Å². The van der Waals surface area contributed by atoms with Crippen LogP contribution < -0.4 is 4.74 Å². The van der Waals surface area contributed by atoms with Gasteiger partial charge in [0.15, 0.2) is 0 Å². The van der Waals surface area contributed by atoms with Gasteiger partial charge in [-0.25, -0.2) is 0 Å². The molecule has 1 heterocycles. The summed E-state index contributed by atoms with van der Waals surface area (Å²) < 4.78 is 42.7. The highest BCUT2D eigenvalue weighted by Gasteiger charge is 2.31. The highest BCUT2D eigenvalue weighted by atomic mass is 19.4. The minimum Gasteiger partial charge on any atom is -0.481 e. The lowest BCUT2D eigenvalue weighted by atomic mass is 10.1. The van der Waals surface area contributed by atoms with E-state index in [0.717, 1.165) is 33.3 Å². The molecule has 0 aliphatic carbocycles. The topological polar surface area (TPSA) is 51.5 Å². The highest BCUT2D eigenvalue weighted by Crippen LogP contribution is 2.29. The Bertz CT molecular complexity index is 988. The average molecular weight is 377 g/mol. The van der Waals surface area contributed by atoms with Crippen LogP contribution in [0.25, 0.3) is 10.9 Å². The molecular weight excluding hydrogens is 359 g/mol. The maximum Gasteiger partial charge on any atom is 0.573 e. The Morgan fingerprint density at radius 1 is 1.11 bits per heavy atom. The summed E-state index contributed by atoms with van der Waals surface area (Å²) in [6.07, 6.45) is -4.81. The molecule has 0 fully saturated rings. The van der Waals surface area contributed by atoms with Crippen molar-refractivity contribution in [3.8, 4) is 5.75 Å². The summed E-state index contributed by atoms with van der Waals surface area (Å²) in [5.41, 5.74) is 4.28. The predicted molar refractivity (Wildman–Crippen MR) is 95.0 cm³/mol. The number of benzene rings is 2. The van der Waals surface area contributed by atoms with Crippen LogP contribution in [0, 0.1) is 13.8 Å². The number of rotatable bonds is 5. The van der Waals surface area contributed by atoms with Crippen LogP contribution in [0.3, 0.4) is 0 Å². The molecule has 142 valence electrons. The summed E-state index contributed by atoms with van der Waals surface area (Å²) in [6.45, 7) is 4.21. The van der Waals surface area contributed by atoms with Crippen molar-refractivity contribution in [1.82, 2.24) is 4.57 Å². The Morgan fingerprint density at radius 2 is 1.78 bits per heavy atom. The first-order valence-corrected chi connectivity index (χ1v) is 8.29. The Labute approximate surface area is 153 Å². The molecule has 0 amide bonds. The number of ether oxygens (including phenoxy) is 1. The largest absolute Gasteiger partial charge is 0.573 e. The number of carboxylic acids is 1. The Morgan fingerprint density at radius 3 is 2.37 bits per heavy atom. The first kappa shape index (κ1) is 18.8. The molecule has 0 radical (unpaired) electrons. The van der Waals surface area contributed by atoms with Crippen molar-refractivity contribution in [2.45, 2.75) is 33.2 Å². The molecule has 0 saturated carbocycles. The van der Waals surface area contributed by atoms with E-state index in [-0.39, 0.29) is 12.2 Å². The summed E-state index contributed by atoms with van der Waals surface area (Å²) in [4.78, 5) is 11.3. The van der Waals surface area contributed by atoms with Gasteiger partial charge in [0, 0.05) is 23.1 Å². The van der Waals surface area contributed by atoms with E-state index < -0.39 is 12.3 Å². The number of aliphatic carboxylic acids is 1. The van der Waals surface area contributed by atoms with E-state index in [0.29, 0.717) is 6.54 Å². The summed E-state index contributed by atoms with van der Waals surface area (Å²) >= 11 is 0. The molecule has 7 heteroatoms. The van der Waals surface area contributed by atoms with Gasteiger partial charge >= 0.3 is 12.3 Å². The van der Waals surface area contributed by atoms with Crippen LogP contribution in [0.5, 0.6) is 5.75 Å². The zero-order valence-electron chi connectivity index (χ0n) is 14.8. The maximum absolute atomic E-state index is 12.3. The van der Waals surface area contributed by atoms with E-state index in [1.54, 1.807) is 12.1 Å². The first-order chi connectivity index (χ1) is 12.6. The molecule has 1 N–H and O–H groups in total. The van der Waals surface area contributed by atoms with Gasteiger partial charge < -0.3 is 14.4 Å². The van der Waals surface area contributed by atoms with Crippen LogP contribution in [0.15, 0.2) is 42.5 Å². The lowest BCUT2D eigenvalue weighted by Crippen LogP contribution is -2.17. The number of hydrogen-bond donors (Lipinski definition) is 1. The van der Waals surface area contributed by atoms with Gasteiger partial charge in [-0.3, -0.25) is 4.79 Å². The van der Waals surface area contributed by atoms with Crippen LogP contribution >= 0.6 is 0 Å². The summed E-state index contributed by atoms with van der Waals surface area (Å²) in [5.74, 6) is -1.19. The number of nitrogens with zero attached hydrogens (tertiary/aromatic N) is 1. The molecule has 0 saturated heterocycles. The normalized spacial score (nSPS) is 11.7. The van der Waals surface area contributed by atoms with Crippen molar-refractivity contribution in [3.63, 3.8) is 0 Å². The van der Waals surface area contributed by atoms with E-state index in [9.17, 15) is 23.1 Å². The van der Waals surface area contributed by atoms with Crippen molar-refractivity contribution in [3.05, 3.63) is 64.8 Å². The number of aryl methyl sites for hydroxylation is 1. The molecule has 0 atom stereocenters. The van der Waals surface area contributed by atoms with Crippen LogP contribution in [-0.4, -0.2) is 22.0 Å². The smallest absolute Gasteiger partial charge is 0.481 e. The Hall–Kier alpha value is -2.96. The number of carbonyl (C=O) groups is 1. The quantitative estimate of drug-likeness (QED) is 0.693. The maximum atomic E-state index is 12.3. The number of aromatic nitrogens is 1. The van der Waals surface area contributed by atoms with Crippen LogP contribution in [0.4, 0.5) is 13.2 Å². The molecule has 27 heavy (non-hydrogen) atoms. The summed E-state index contributed by atoms with van der Waals surface area (Å²) in [7, 11) is 0. The number of carboxylic acid groups (broad SMARTS) is 1. The fraction of sp³-hybridized carbons (Fsp3) is 0.250. The van der Waals surface area contributed by atoms with E-state index >= 15 is 0 Å². The van der Waals surface area contributed by atoms with Gasteiger partial charge in [-0.1, -0.05) is 23.8 Å². The van der Waals surface area contributed by atoms with Crippen LogP contribution in [-0.2, 0) is 17.8 Å². The van der Waals surface area contributed by atoms with Gasteiger partial charge in [0.1, 0.15) is 5.75 Å². The van der Waals surface area contributed by atoms with Crippen molar-refractivity contribution in [1.29, 1.82) is 0 Å². The highest BCUT2D eigenvalue weighted by molar-refractivity contribution is 5.89. The van der Waals surface area contributed by atoms with E-state index in [1.807, 2.05) is 36.6 Å². The molecule has 3 rings (SSSR count). The first-order valence-electron chi connectivity index (χ1n) is 8.29. The lowest BCUT2D eigenvalue weighted by molar-refractivity contribution is -0.274. The summed E-state index contributed by atoms with van der Waals surface area (Å²) in [5, 5.41) is 10.1. The van der Waals surface area contributed by atoms with Crippen molar-refractivity contribution >= 4 is 16.9 Å². The fourth-order valence-electron chi connectivity index (χ4n) is 3.22. The molecule has 1 aromatic heterocycles. The summed E-state index contributed by atoms with van der Waals surface area (Å²) in [6, 6.07) is 11.5. The van der Waals surface area contributed by atoms with Crippen molar-refractivity contribution in [2.75, 3.05) is 0 Å². The van der Waals surface area contributed by atoms with Gasteiger partial charge in [0.25, 0.3) is 0 Å². The third kappa shape index (κ3) is 4.24. The molecule has 0 spiro atoms. The minimum atomic E-state index is -4.72. The number of fused-ring (bicyclic) bond motifs is 1. The van der Waals surface area contributed by atoms with Crippen molar-refractivity contribution in [2.24, 2.45) is 0 Å². The van der Waals surface area contributed by atoms with E-state index in [1.165, 1.54) is 12.1 Å². The molecule has 3 aromatic rings. The number of alkyl halides is 3. The zero-order chi connectivity index (χ0) is 19.8. The minimum absolute atomic E-state index is 0.0862. The molecule has 0 aliphatic rings. The zero-order valence-corrected chi connectivity index (χ0v) is 14.8. The van der Waals surface area contributed by atoms with Gasteiger partial charge in [-0.2, -0.15) is 0 Å². The molecule has 0 unspecified atom stereocenters. The van der Waals surface area contributed by atoms with Gasteiger partial charge in [0.05, 0.1) is 6.42 Å². The number of halogens is 3. The second kappa shape index (κ2) is 6.98. The Kier molecular flexibility index (Phi) is 4.87. The molecule has 2 aromatic carbocycles. The van der Waals surface area contributed by atoms with E-state index in [4.69, 9.17) is 0 Å². The third-order valence-corrected chi connectivity index (χ3v) is 4.44. The number of hydrogen-bond acceptors (Lipinski definition) is 2. The standard InChI is InChI=1S/C20H18F3NO3/c1-12-3-8-18-17(9-12)16(10-19(25)26)13(2)24(18)11-14-4-6-15(7-5-14)27-20(21,22)23/h3-9H,10-11H2,1-2H3,(H,25,26). The molecule has 0 aliphatic heterocycles. The Balaban J connectivity index is 1.97. The van der Waals surface area contributed by atoms with Gasteiger partial charge in [-0.05, 0) is 49.2 Å². The molecule has 4 nitrogen and oxygen atoms in total. The third-order valence-electron chi connectivity index (χ3n) is 4.44. The second-order valence-electron chi connectivity index (χ2n) is 6.43.